The average molecular weight is 235 g/mol. The Morgan fingerprint density at radius 2 is 2.18 bits per heavy atom. The smallest absolute Gasteiger partial charge is 0.127 e. The fraction of sp³-hybridized carbons (Fsp3) is 0.571. The van der Waals surface area contributed by atoms with Gasteiger partial charge in [-0.1, -0.05) is 18.2 Å². The van der Waals surface area contributed by atoms with E-state index in [1.807, 2.05) is 38.1 Å². The van der Waals surface area contributed by atoms with Crippen molar-refractivity contribution in [2.45, 2.75) is 50.9 Å². The van der Waals surface area contributed by atoms with Crippen LogP contribution in [0.15, 0.2) is 24.3 Å². The zero-order valence-corrected chi connectivity index (χ0v) is 10.5. The first kappa shape index (κ1) is 12.4. The highest BCUT2D eigenvalue weighted by Gasteiger charge is 2.38. The molecule has 2 unspecified atom stereocenters. The lowest BCUT2D eigenvalue weighted by molar-refractivity contribution is -0.0256. The molecule has 3 N–H and O–H groups in total. The van der Waals surface area contributed by atoms with Gasteiger partial charge in [0.2, 0.25) is 0 Å². The second-order valence-corrected chi connectivity index (χ2v) is 5.18. The van der Waals surface area contributed by atoms with Crippen LogP contribution in [0.25, 0.3) is 0 Å². The van der Waals surface area contributed by atoms with Crippen molar-refractivity contribution in [2.75, 3.05) is 0 Å². The Morgan fingerprint density at radius 3 is 2.76 bits per heavy atom. The maximum atomic E-state index is 10.2. The van der Waals surface area contributed by atoms with E-state index in [0.717, 1.165) is 30.6 Å². The molecular formula is C14H21NO2. The van der Waals surface area contributed by atoms with Gasteiger partial charge in [-0.05, 0) is 39.2 Å². The summed E-state index contributed by atoms with van der Waals surface area (Å²) >= 11 is 0. The molecule has 0 radical (unpaired) electrons. The Morgan fingerprint density at radius 1 is 1.47 bits per heavy atom. The third-order valence-corrected chi connectivity index (χ3v) is 3.52. The van der Waals surface area contributed by atoms with Crippen LogP contribution in [0.2, 0.25) is 0 Å². The van der Waals surface area contributed by atoms with Crippen LogP contribution in [-0.4, -0.2) is 16.8 Å². The standard InChI is InChI=1S/C14H21NO2/c1-10(15)11-6-3-4-7-12(11)17-13-8-5-9-14(13,2)16/h3-4,6-7,10,13,16H,5,8-9,15H2,1-2H3/t10-,13?,14?/m0/s1. The third-order valence-electron chi connectivity index (χ3n) is 3.52. The highest BCUT2D eigenvalue weighted by molar-refractivity contribution is 5.35. The zero-order chi connectivity index (χ0) is 12.5. The second-order valence-electron chi connectivity index (χ2n) is 5.18. The first-order valence-corrected chi connectivity index (χ1v) is 6.24. The summed E-state index contributed by atoms with van der Waals surface area (Å²) in [7, 11) is 0. The van der Waals surface area contributed by atoms with E-state index in [9.17, 15) is 5.11 Å². The number of aliphatic hydroxyl groups is 1. The minimum atomic E-state index is -0.717. The van der Waals surface area contributed by atoms with Gasteiger partial charge in [-0.25, -0.2) is 0 Å². The fourth-order valence-electron chi connectivity index (χ4n) is 2.42. The summed E-state index contributed by atoms with van der Waals surface area (Å²) in [6.45, 7) is 3.79. The predicted octanol–water partition coefficient (Wildman–Crippen LogP) is 2.39. The quantitative estimate of drug-likeness (QED) is 0.845. The molecular weight excluding hydrogens is 214 g/mol. The molecule has 0 amide bonds. The molecule has 0 aromatic heterocycles. The predicted molar refractivity (Wildman–Crippen MR) is 67.9 cm³/mol. The van der Waals surface area contributed by atoms with Crippen molar-refractivity contribution >= 4 is 0 Å². The summed E-state index contributed by atoms with van der Waals surface area (Å²) in [5.74, 6) is 0.801. The summed E-state index contributed by atoms with van der Waals surface area (Å²) in [6.07, 6.45) is 2.60. The average Bonchev–Trinajstić information content (AvgIpc) is 2.59. The van der Waals surface area contributed by atoms with Gasteiger partial charge in [0.25, 0.3) is 0 Å². The van der Waals surface area contributed by atoms with E-state index in [2.05, 4.69) is 0 Å². The van der Waals surface area contributed by atoms with Gasteiger partial charge in [0, 0.05) is 11.6 Å². The van der Waals surface area contributed by atoms with Crippen molar-refractivity contribution in [1.82, 2.24) is 0 Å². The third kappa shape index (κ3) is 2.61. The number of ether oxygens (including phenoxy) is 1. The number of hydrogen-bond donors (Lipinski definition) is 2. The van der Waals surface area contributed by atoms with Crippen LogP contribution >= 0.6 is 0 Å². The SMILES string of the molecule is C[C@H](N)c1ccccc1OC1CCCC1(C)O. The molecule has 0 saturated heterocycles. The molecule has 1 aliphatic rings. The minimum Gasteiger partial charge on any atom is -0.487 e. The van der Waals surface area contributed by atoms with Crippen LogP contribution in [-0.2, 0) is 0 Å². The Kier molecular flexibility index (Phi) is 3.40. The highest BCUT2D eigenvalue weighted by Crippen LogP contribution is 2.34. The van der Waals surface area contributed by atoms with Gasteiger partial charge in [0.15, 0.2) is 0 Å². The topological polar surface area (TPSA) is 55.5 Å². The summed E-state index contributed by atoms with van der Waals surface area (Å²) in [5, 5.41) is 10.2. The molecule has 3 heteroatoms. The van der Waals surface area contributed by atoms with Crippen LogP contribution in [0, 0.1) is 0 Å². The monoisotopic (exact) mass is 235 g/mol. The van der Waals surface area contributed by atoms with E-state index in [1.165, 1.54) is 0 Å². The largest absolute Gasteiger partial charge is 0.487 e. The lowest BCUT2D eigenvalue weighted by Crippen LogP contribution is -2.38. The molecule has 1 fully saturated rings. The summed E-state index contributed by atoms with van der Waals surface area (Å²) in [4.78, 5) is 0. The Labute approximate surface area is 103 Å². The number of rotatable bonds is 3. The molecule has 1 saturated carbocycles. The van der Waals surface area contributed by atoms with Crippen LogP contribution in [0.1, 0.15) is 44.7 Å². The van der Waals surface area contributed by atoms with E-state index in [0.29, 0.717) is 0 Å². The molecule has 1 aromatic carbocycles. The first-order chi connectivity index (χ1) is 8.00. The van der Waals surface area contributed by atoms with Gasteiger partial charge in [-0.3, -0.25) is 0 Å². The zero-order valence-electron chi connectivity index (χ0n) is 10.5. The van der Waals surface area contributed by atoms with Gasteiger partial charge < -0.3 is 15.6 Å². The maximum Gasteiger partial charge on any atom is 0.127 e. The normalized spacial score (nSPS) is 30.2. The van der Waals surface area contributed by atoms with E-state index >= 15 is 0 Å². The molecule has 2 rings (SSSR count). The van der Waals surface area contributed by atoms with Gasteiger partial charge in [0.05, 0.1) is 5.60 Å². The van der Waals surface area contributed by atoms with Crippen molar-refractivity contribution in [3.8, 4) is 5.75 Å². The summed E-state index contributed by atoms with van der Waals surface area (Å²) < 4.78 is 5.95. The number of hydrogen-bond acceptors (Lipinski definition) is 3. The number of nitrogens with two attached hydrogens (primary N) is 1. The molecule has 1 aromatic rings. The molecule has 0 aliphatic heterocycles. The van der Waals surface area contributed by atoms with Crippen LogP contribution < -0.4 is 10.5 Å². The van der Waals surface area contributed by atoms with Crippen LogP contribution in [0.5, 0.6) is 5.75 Å². The fourth-order valence-corrected chi connectivity index (χ4v) is 2.42. The highest BCUT2D eigenvalue weighted by atomic mass is 16.5. The van der Waals surface area contributed by atoms with Gasteiger partial charge in [0.1, 0.15) is 11.9 Å². The van der Waals surface area contributed by atoms with E-state index in [1.54, 1.807) is 0 Å². The molecule has 3 nitrogen and oxygen atoms in total. The summed E-state index contributed by atoms with van der Waals surface area (Å²) in [5.41, 5.74) is 6.19. The Bertz CT molecular complexity index is 388. The Balaban J connectivity index is 2.19. The molecule has 0 spiro atoms. The first-order valence-electron chi connectivity index (χ1n) is 6.24. The molecule has 17 heavy (non-hydrogen) atoms. The Hall–Kier alpha value is -1.06. The van der Waals surface area contributed by atoms with Crippen molar-refractivity contribution in [3.63, 3.8) is 0 Å². The van der Waals surface area contributed by atoms with E-state index in [4.69, 9.17) is 10.5 Å². The molecule has 0 heterocycles. The van der Waals surface area contributed by atoms with Gasteiger partial charge >= 0.3 is 0 Å². The maximum absolute atomic E-state index is 10.2. The van der Waals surface area contributed by atoms with Crippen LogP contribution in [0.3, 0.4) is 0 Å². The summed E-state index contributed by atoms with van der Waals surface area (Å²) in [6, 6.07) is 7.73. The van der Waals surface area contributed by atoms with Crippen molar-refractivity contribution in [3.05, 3.63) is 29.8 Å². The molecule has 1 aliphatic carbocycles. The van der Waals surface area contributed by atoms with Gasteiger partial charge in [-0.2, -0.15) is 0 Å². The molecule has 3 atom stereocenters. The lowest BCUT2D eigenvalue weighted by atomic mass is 10.0. The number of para-hydroxylation sites is 1. The van der Waals surface area contributed by atoms with E-state index < -0.39 is 5.60 Å². The molecule has 94 valence electrons. The van der Waals surface area contributed by atoms with Gasteiger partial charge in [-0.15, -0.1) is 0 Å². The van der Waals surface area contributed by atoms with Crippen molar-refractivity contribution < 1.29 is 9.84 Å². The number of benzene rings is 1. The van der Waals surface area contributed by atoms with Crippen LogP contribution in [0.4, 0.5) is 0 Å². The van der Waals surface area contributed by atoms with Crippen molar-refractivity contribution in [1.29, 1.82) is 0 Å². The molecule has 0 bridgehead atoms. The van der Waals surface area contributed by atoms with E-state index in [-0.39, 0.29) is 12.1 Å². The lowest BCUT2D eigenvalue weighted by Gasteiger charge is -2.27. The van der Waals surface area contributed by atoms with Crippen molar-refractivity contribution in [2.24, 2.45) is 5.73 Å². The minimum absolute atomic E-state index is 0.0578. The second kappa shape index (κ2) is 4.67.